The minimum Gasteiger partial charge on any atom is -0.384 e. The van der Waals surface area contributed by atoms with Gasteiger partial charge >= 0.3 is 0 Å². The summed E-state index contributed by atoms with van der Waals surface area (Å²) in [7, 11) is 0. The molecule has 2 rings (SSSR count). The van der Waals surface area contributed by atoms with Gasteiger partial charge in [-0.15, -0.1) is 0 Å². The van der Waals surface area contributed by atoms with Crippen molar-refractivity contribution in [3.8, 4) is 0 Å². The Bertz CT molecular complexity index is 437. The van der Waals surface area contributed by atoms with Crippen LogP contribution in [0.25, 0.3) is 0 Å². The lowest BCUT2D eigenvalue weighted by atomic mass is 10.2. The van der Waals surface area contributed by atoms with Crippen molar-refractivity contribution in [1.29, 1.82) is 0 Å². The number of carbonyl (C=O) groups excluding carboxylic acids is 1. The summed E-state index contributed by atoms with van der Waals surface area (Å²) < 4.78 is 5.24. The molecular weight excluding hydrogens is 234 g/mol. The summed E-state index contributed by atoms with van der Waals surface area (Å²) in [5.41, 5.74) is 5.70. The van der Waals surface area contributed by atoms with E-state index in [0.717, 1.165) is 0 Å². The molecule has 0 aliphatic carbocycles. The molecule has 1 saturated heterocycles. The van der Waals surface area contributed by atoms with Gasteiger partial charge in [-0.2, -0.15) is 0 Å². The molecule has 0 spiro atoms. The lowest BCUT2D eigenvalue weighted by Gasteiger charge is -2.12. The molecule has 4 N–H and O–H groups in total. The number of nitrogen functional groups attached to an aromatic ring is 1. The molecule has 1 fully saturated rings. The van der Waals surface area contributed by atoms with E-state index in [9.17, 15) is 4.79 Å². The summed E-state index contributed by atoms with van der Waals surface area (Å²) in [6.45, 7) is 3.44. The first-order valence-corrected chi connectivity index (χ1v) is 5.91. The van der Waals surface area contributed by atoms with E-state index in [1.807, 2.05) is 6.92 Å². The maximum Gasteiger partial charge on any atom is 0.222 e. The van der Waals surface area contributed by atoms with E-state index in [0.29, 0.717) is 43.6 Å². The fraction of sp³-hybridized carbons (Fsp3) is 0.545. The smallest absolute Gasteiger partial charge is 0.222 e. The minimum absolute atomic E-state index is 0.0454. The van der Waals surface area contributed by atoms with Crippen LogP contribution in [0, 0.1) is 0 Å². The van der Waals surface area contributed by atoms with Gasteiger partial charge in [-0.25, -0.2) is 9.97 Å². The summed E-state index contributed by atoms with van der Waals surface area (Å²) >= 11 is 0. The topological polar surface area (TPSA) is 102 Å². The Morgan fingerprint density at radius 2 is 2.44 bits per heavy atom. The van der Waals surface area contributed by atoms with Crippen molar-refractivity contribution in [2.45, 2.75) is 26.0 Å². The third kappa shape index (κ3) is 3.30. The number of nitrogens with one attached hydrogen (secondary N) is 2. The first kappa shape index (κ1) is 12.6. The maximum absolute atomic E-state index is 11.1. The molecule has 1 aliphatic rings. The summed E-state index contributed by atoms with van der Waals surface area (Å²) in [5, 5.41) is 5.91. The summed E-state index contributed by atoms with van der Waals surface area (Å²) in [6, 6.07) is 1.70. The Morgan fingerprint density at radius 1 is 1.61 bits per heavy atom. The molecule has 7 nitrogen and oxygen atoms in total. The van der Waals surface area contributed by atoms with Crippen LogP contribution in [0.1, 0.15) is 19.2 Å². The quantitative estimate of drug-likeness (QED) is 0.675. The van der Waals surface area contributed by atoms with Gasteiger partial charge in [0.2, 0.25) is 5.91 Å². The Hall–Kier alpha value is -1.89. The van der Waals surface area contributed by atoms with E-state index in [2.05, 4.69) is 20.6 Å². The highest BCUT2D eigenvalue weighted by atomic mass is 16.5. The predicted octanol–water partition coefficient (Wildman–Crippen LogP) is -0.104. The van der Waals surface area contributed by atoms with E-state index in [1.54, 1.807) is 6.07 Å². The van der Waals surface area contributed by atoms with Crippen LogP contribution >= 0.6 is 0 Å². The van der Waals surface area contributed by atoms with Crippen LogP contribution in [0.2, 0.25) is 0 Å². The highest BCUT2D eigenvalue weighted by molar-refractivity contribution is 5.79. The average molecular weight is 251 g/mol. The molecule has 98 valence electrons. The maximum atomic E-state index is 11.1. The van der Waals surface area contributed by atoms with Crippen molar-refractivity contribution in [1.82, 2.24) is 15.3 Å². The zero-order valence-corrected chi connectivity index (χ0v) is 10.3. The average Bonchev–Trinajstić information content (AvgIpc) is 2.71. The fourth-order valence-electron chi connectivity index (χ4n) is 1.77. The molecule has 1 aliphatic heterocycles. The largest absolute Gasteiger partial charge is 0.384 e. The van der Waals surface area contributed by atoms with Crippen molar-refractivity contribution >= 4 is 17.5 Å². The first-order valence-electron chi connectivity index (χ1n) is 5.91. The van der Waals surface area contributed by atoms with Crippen molar-refractivity contribution < 1.29 is 9.53 Å². The predicted molar refractivity (Wildman–Crippen MR) is 66.8 cm³/mol. The zero-order chi connectivity index (χ0) is 13.0. The first-order chi connectivity index (χ1) is 8.67. The second-order valence-corrected chi connectivity index (χ2v) is 4.08. The van der Waals surface area contributed by atoms with Crippen LogP contribution in [-0.2, 0) is 16.1 Å². The van der Waals surface area contributed by atoms with Crippen molar-refractivity contribution in [3.63, 3.8) is 0 Å². The van der Waals surface area contributed by atoms with Gasteiger partial charge in [0, 0.05) is 25.6 Å². The number of ether oxygens (including phenoxy) is 1. The Kier molecular flexibility index (Phi) is 3.93. The monoisotopic (exact) mass is 251 g/mol. The Labute approximate surface area is 105 Å². The summed E-state index contributed by atoms with van der Waals surface area (Å²) in [6.07, 6.45) is 0.449. The molecule has 0 radical (unpaired) electrons. The zero-order valence-electron chi connectivity index (χ0n) is 10.3. The number of hydrogen-bond acceptors (Lipinski definition) is 6. The van der Waals surface area contributed by atoms with Crippen LogP contribution < -0.4 is 16.4 Å². The fourth-order valence-corrected chi connectivity index (χ4v) is 1.77. The van der Waals surface area contributed by atoms with E-state index in [4.69, 9.17) is 10.5 Å². The SMILES string of the molecule is CCOCc1nc(N)cc(NC2CNC(=O)C2)n1. The minimum atomic E-state index is 0.0454. The third-order valence-corrected chi connectivity index (χ3v) is 2.56. The van der Waals surface area contributed by atoms with Gasteiger partial charge in [-0.05, 0) is 6.92 Å². The van der Waals surface area contributed by atoms with Gasteiger partial charge in [0.1, 0.15) is 18.2 Å². The molecule has 7 heteroatoms. The number of carbonyl (C=O) groups is 1. The van der Waals surface area contributed by atoms with Gasteiger partial charge in [-0.1, -0.05) is 0 Å². The van der Waals surface area contributed by atoms with Crippen LogP contribution in [0.5, 0.6) is 0 Å². The standard InChI is InChI=1S/C11H17N5O2/c1-2-18-6-10-15-8(12)4-9(16-10)14-7-3-11(17)13-5-7/h4,7H,2-3,5-6H2,1H3,(H,13,17)(H3,12,14,15,16). The number of nitrogens with zero attached hydrogens (tertiary/aromatic N) is 2. The molecule has 0 saturated carbocycles. The molecule has 1 amide bonds. The lowest BCUT2D eigenvalue weighted by molar-refractivity contribution is -0.119. The Morgan fingerprint density at radius 3 is 3.11 bits per heavy atom. The molecule has 1 unspecified atom stereocenters. The second kappa shape index (κ2) is 5.63. The van der Waals surface area contributed by atoms with E-state index in [1.165, 1.54) is 0 Å². The molecule has 1 aromatic rings. The van der Waals surface area contributed by atoms with E-state index >= 15 is 0 Å². The molecule has 1 aromatic heterocycles. The molecular formula is C11H17N5O2. The van der Waals surface area contributed by atoms with Crippen molar-refractivity contribution in [3.05, 3.63) is 11.9 Å². The highest BCUT2D eigenvalue weighted by Gasteiger charge is 2.21. The molecule has 0 aromatic carbocycles. The normalized spacial score (nSPS) is 18.7. The van der Waals surface area contributed by atoms with E-state index < -0.39 is 0 Å². The molecule has 0 bridgehead atoms. The number of rotatable bonds is 5. The molecule has 2 heterocycles. The third-order valence-electron chi connectivity index (χ3n) is 2.56. The molecule has 1 atom stereocenters. The van der Waals surface area contributed by atoms with Gasteiger partial charge in [-0.3, -0.25) is 4.79 Å². The van der Waals surface area contributed by atoms with Crippen LogP contribution in [0.4, 0.5) is 11.6 Å². The van der Waals surface area contributed by atoms with Gasteiger partial charge in [0.05, 0.1) is 6.04 Å². The van der Waals surface area contributed by atoms with Crippen molar-refractivity contribution in [2.75, 3.05) is 24.2 Å². The van der Waals surface area contributed by atoms with Crippen molar-refractivity contribution in [2.24, 2.45) is 0 Å². The Balaban J connectivity index is 2.03. The van der Waals surface area contributed by atoms with Gasteiger partial charge in [0.25, 0.3) is 0 Å². The van der Waals surface area contributed by atoms with Crippen LogP contribution in [-0.4, -0.2) is 35.1 Å². The lowest BCUT2D eigenvalue weighted by Crippen LogP contribution is -2.23. The summed E-state index contributed by atoms with van der Waals surface area (Å²) in [5.74, 6) is 1.60. The highest BCUT2D eigenvalue weighted by Crippen LogP contribution is 2.13. The van der Waals surface area contributed by atoms with E-state index in [-0.39, 0.29) is 11.9 Å². The van der Waals surface area contributed by atoms with Gasteiger partial charge in [0.15, 0.2) is 5.82 Å². The number of nitrogens with two attached hydrogens (primary N) is 1. The van der Waals surface area contributed by atoms with Gasteiger partial charge < -0.3 is 21.1 Å². The molecule has 18 heavy (non-hydrogen) atoms. The van der Waals surface area contributed by atoms with Crippen LogP contribution in [0.3, 0.4) is 0 Å². The number of hydrogen-bond donors (Lipinski definition) is 3. The van der Waals surface area contributed by atoms with Crippen LogP contribution in [0.15, 0.2) is 6.07 Å². The summed E-state index contributed by atoms with van der Waals surface area (Å²) in [4.78, 5) is 19.5. The second-order valence-electron chi connectivity index (χ2n) is 4.08. The number of anilines is 2. The number of amides is 1. The number of aromatic nitrogens is 2.